The van der Waals surface area contributed by atoms with Crippen LogP contribution in [0.25, 0.3) is 0 Å². The first-order valence-electron chi connectivity index (χ1n) is 4.00. The normalized spacial score (nSPS) is 29.3. The van der Waals surface area contributed by atoms with Gasteiger partial charge in [-0.1, -0.05) is 0 Å². The Bertz CT molecular complexity index is 206. The molecular weight excluding hydrogens is 158 g/mol. The third-order valence-electron chi connectivity index (χ3n) is 1.76. The maximum atomic E-state index is 10.5. The molecule has 1 rings (SSSR count). The molecule has 0 bridgehead atoms. The van der Waals surface area contributed by atoms with Gasteiger partial charge in [-0.25, -0.2) is 4.79 Å². The fraction of sp³-hybridized carbons (Fsp3) is 0.750. The molecule has 0 aromatic heterocycles. The minimum atomic E-state index is -0.922. The highest BCUT2D eigenvalue weighted by Gasteiger charge is 2.34. The first-order chi connectivity index (χ1) is 5.73. The summed E-state index contributed by atoms with van der Waals surface area (Å²) in [7, 11) is 0. The van der Waals surface area contributed by atoms with Crippen molar-refractivity contribution in [3.63, 3.8) is 0 Å². The molecule has 1 unspecified atom stereocenters. The summed E-state index contributed by atoms with van der Waals surface area (Å²) >= 11 is 0. The molecule has 1 aliphatic rings. The van der Waals surface area contributed by atoms with Gasteiger partial charge in [0.25, 0.3) is 0 Å². The van der Waals surface area contributed by atoms with Crippen molar-refractivity contribution < 1.29 is 14.3 Å². The molecule has 1 aliphatic heterocycles. The Kier molecular flexibility index (Phi) is 2.87. The molecule has 68 valence electrons. The average molecular weight is 171 g/mol. The predicted molar refractivity (Wildman–Crippen MR) is 43.2 cm³/mol. The van der Waals surface area contributed by atoms with Crippen LogP contribution in [0.5, 0.6) is 0 Å². The number of rotatable bonds is 2. The zero-order valence-corrected chi connectivity index (χ0v) is 7.35. The molecule has 0 spiro atoms. The Hall–Kier alpha value is -0.830. The van der Waals surface area contributed by atoms with Crippen LogP contribution in [0, 0.1) is 0 Å². The van der Waals surface area contributed by atoms with E-state index in [0.29, 0.717) is 25.5 Å². The Labute approximate surface area is 71.5 Å². The van der Waals surface area contributed by atoms with Crippen LogP contribution in [-0.4, -0.2) is 31.5 Å². The Morgan fingerprint density at radius 1 is 1.83 bits per heavy atom. The summed E-state index contributed by atoms with van der Waals surface area (Å²) in [5.41, 5.74) is 0.343. The number of hydrogen-bond acceptors (Lipinski definition) is 4. The first-order valence-corrected chi connectivity index (χ1v) is 4.00. The molecule has 0 radical (unpaired) electrons. The lowest BCUT2D eigenvalue weighted by Crippen LogP contribution is -2.47. The molecule has 1 fully saturated rings. The van der Waals surface area contributed by atoms with E-state index >= 15 is 0 Å². The van der Waals surface area contributed by atoms with Crippen molar-refractivity contribution in [3.05, 3.63) is 5.70 Å². The first kappa shape index (κ1) is 9.26. The van der Waals surface area contributed by atoms with Crippen molar-refractivity contribution in [2.45, 2.75) is 19.6 Å². The van der Waals surface area contributed by atoms with Crippen LogP contribution in [0.2, 0.25) is 0 Å². The van der Waals surface area contributed by atoms with Crippen molar-refractivity contribution in [1.29, 1.82) is 0 Å². The summed E-state index contributed by atoms with van der Waals surface area (Å²) in [6.07, 6.45) is 0. The maximum absolute atomic E-state index is 10.5. The van der Waals surface area contributed by atoms with Gasteiger partial charge in [-0.3, -0.25) is 0 Å². The summed E-state index contributed by atoms with van der Waals surface area (Å²) in [5.74, 6) is 0.863. The van der Waals surface area contributed by atoms with E-state index in [4.69, 9.17) is 9.47 Å². The van der Waals surface area contributed by atoms with Crippen LogP contribution >= 0.6 is 0 Å². The molecular formula is C8H13NO3. The maximum Gasteiger partial charge on any atom is 0.217 e. The molecule has 0 aromatic carbocycles. The fourth-order valence-corrected chi connectivity index (χ4v) is 1.17. The quantitative estimate of drug-likeness (QED) is 0.597. The minimum Gasteiger partial charge on any atom is -0.373 e. The van der Waals surface area contributed by atoms with Gasteiger partial charge in [0.15, 0.2) is 11.6 Å². The van der Waals surface area contributed by atoms with Crippen molar-refractivity contribution in [1.82, 2.24) is 5.32 Å². The van der Waals surface area contributed by atoms with Crippen LogP contribution in [0.4, 0.5) is 0 Å². The van der Waals surface area contributed by atoms with Crippen molar-refractivity contribution in [2.75, 3.05) is 19.8 Å². The van der Waals surface area contributed by atoms with Crippen molar-refractivity contribution >= 4 is 5.94 Å². The van der Waals surface area contributed by atoms with E-state index in [-0.39, 0.29) is 0 Å². The van der Waals surface area contributed by atoms with Crippen LogP contribution in [-0.2, 0) is 14.3 Å². The molecule has 1 saturated heterocycles. The van der Waals surface area contributed by atoms with Gasteiger partial charge in [-0.2, -0.15) is 0 Å². The zero-order valence-electron chi connectivity index (χ0n) is 7.35. The van der Waals surface area contributed by atoms with Crippen LogP contribution in [0.1, 0.15) is 13.8 Å². The Balaban J connectivity index is 2.76. The Morgan fingerprint density at radius 3 is 3.17 bits per heavy atom. The largest absolute Gasteiger partial charge is 0.373 e. The van der Waals surface area contributed by atoms with Gasteiger partial charge in [0, 0.05) is 13.2 Å². The molecule has 4 nitrogen and oxygen atoms in total. The zero-order chi connectivity index (χ0) is 9.03. The lowest BCUT2D eigenvalue weighted by Gasteiger charge is -2.34. The van der Waals surface area contributed by atoms with E-state index in [9.17, 15) is 4.79 Å². The number of nitrogens with one attached hydrogen (secondary N) is 1. The molecule has 1 N–H and O–H groups in total. The number of carbonyl (C=O) groups excluding carboxylic acids is 1. The van der Waals surface area contributed by atoms with Crippen molar-refractivity contribution in [2.24, 2.45) is 0 Å². The van der Waals surface area contributed by atoms with Gasteiger partial charge < -0.3 is 14.8 Å². The van der Waals surface area contributed by atoms with Gasteiger partial charge in [-0.05, 0) is 13.8 Å². The third-order valence-corrected chi connectivity index (χ3v) is 1.76. The standard InChI is InChI=1S/C8H13NO3/c1-3-11-8(2)7(6-10)9-4-5-12-8/h9H,3-5H2,1-2H3. The third kappa shape index (κ3) is 1.67. The average Bonchev–Trinajstić information content (AvgIpc) is 2.05. The highest BCUT2D eigenvalue weighted by molar-refractivity contribution is 5.54. The lowest BCUT2D eigenvalue weighted by molar-refractivity contribution is -0.209. The van der Waals surface area contributed by atoms with E-state index in [0.717, 1.165) is 0 Å². The predicted octanol–water partition coefficient (Wildman–Crippen LogP) is 0.0744. The molecule has 0 amide bonds. The number of ether oxygens (including phenoxy) is 2. The van der Waals surface area contributed by atoms with Crippen LogP contribution in [0.15, 0.2) is 5.70 Å². The molecule has 12 heavy (non-hydrogen) atoms. The summed E-state index contributed by atoms with van der Waals surface area (Å²) < 4.78 is 10.6. The van der Waals surface area contributed by atoms with E-state index < -0.39 is 5.79 Å². The minimum absolute atomic E-state index is 0.343. The second kappa shape index (κ2) is 3.72. The second-order valence-corrected chi connectivity index (χ2v) is 2.63. The molecule has 4 heteroatoms. The second-order valence-electron chi connectivity index (χ2n) is 2.63. The summed E-state index contributed by atoms with van der Waals surface area (Å²) in [4.78, 5) is 10.5. The monoisotopic (exact) mass is 171 g/mol. The summed E-state index contributed by atoms with van der Waals surface area (Å²) in [5, 5.41) is 2.89. The lowest BCUT2D eigenvalue weighted by atomic mass is 10.2. The van der Waals surface area contributed by atoms with E-state index in [1.165, 1.54) is 0 Å². The van der Waals surface area contributed by atoms with Gasteiger partial charge in [0.2, 0.25) is 5.79 Å². The highest BCUT2D eigenvalue weighted by atomic mass is 16.7. The molecule has 0 aliphatic carbocycles. The SMILES string of the molecule is CCOC1(C)OCCNC1=C=O. The molecule has 0 aromatic rings. The van der Waals surface area contributed by atoms with E-state index in [2.05, 4.69) is 5.32 Å². The van der Waals surface area contributed by atoms with E-state index in [1.54, 1.807) is 12.9 Å². The number of morpholine rings is 1. The topological polar surface area (TPSA) is 47.6 Å². The van der Waals surface area contributed by atoms with Crippen LogP contribution < -0.4 is 5.32 Å². The molecule has 1 atom stereocenters. The molecule has 0 saturated carbocycles. The smallest absolute Gasteiger partial charge is 0.217 e. The van der Waals surface area contributed by atoms with E-state index in [1.807, 2.05) is 6.92 Å². The van der Waals surface area contributed by atoms with Crippen LogP contribution in [0.3, 0.4) is 0 Å². The molecule has 1 heterocycles. The van der Waals surface area contributed by atoms with Gasteiger partial charge >= 0.3 is 0 Å². The summed E-state index contributed by atoms with van der Waals surface area (Å²) in [6.45, 7) is 5.24. The van der Waals surface area contributed by atoms with Gasteiger partial charge in [-0.15, -0.1) is 0 Å². The summed E-state index contributed by atoms with van der Waals surface area (Å²) in [6, 6.07) is 0. The fourth-order valence-electron chi connectivity index (χ4n) is 1.17. The van der Waals surface area contributed by atoms with Crippen molar-refractivity contribution in [3.8, 4) is 0 Å². The number of hydrogen-bond donors (Lipinski definition) is 1. The van der Waals surface area contributed by atoms with Gasteiger partial charge in [0.1, 0.15) is 0 Å². The Morgan fingerprint density at radius 2 is 2.58 bits per heavy atom. The van der Waals surface area contributed by atoms with Gasteiger partial charge in [0.05, 0.1) is 6.61 Å². The highest BCUT2D eigenvalue weighted by Crippen LogP contribution is 2.21.